The highest BCUT2D eigenvalue weighted by atomic mass is 35.5. The lowest BCUT2D eigenvalue weighted by atomic mass is 10.1. The Morgan fingerprint density at radius 3 is 2.62 bits per heavy atom. The summed E-state index contributed by atoms with van der Waals surface area (Å²) in [7, 11) is 0. The standard InChI is InChI=1S/C13H9ClN2/c14-10-7-5-9(6-8-10)13-15-11-3-1-2-4-12(11)16-13/h1-8,11H. The summed E-state index contributed by atoms with van der Waals surface area (Å²) < 4.78 is 0. The molecule has 0 N–H and O–H groups in total. The van der Waals surface area contributed by atoms with Crippen LogP contribution in [-0.4, -0.2) is 17.6 Å². The minimum atomic E-state index is 0.0932. The van der Waals surface area contributed by atoms with Crippen LogP contribution < -0.4 is 0 Å². The lowest BCUT2D eigenvalue weighted by Crippen LogP contribution is -2.11. The van der Waals surface area contributed by atoms with Crippen molar-refractivity contribution >= 4 is 23.1 Å². The van der Waals surface area contributed by atoms with Crippen molar-refractivity contribution in [2.24, 2.45) is 9.98 Å². The number of amidine groups is 1. The van der Waals surface area contributed by atoms with Crippen LogP contribution in [0.2, 0.25) is 5.02 Å². The van der Waals surface area contributed by atoms with Gasteiger partial charge in [-0.15, -0.1) is 0 Å². The summed E-state index contributed by atoms with van der Waals surface area (Å²) in [5, 5.41) is 0.729. The minimum Gasteiger partial charge on any atom is -0.252 e. The van der Waals surface area contributed by atoms with Crippen LogP contribution in [0.1, 0.15) is 5.56 Å². The molecule has 1 atom stereocenters. The van der Waals surface area contributed by atoms with Gasteiger partial charge >= 0.3 is 0 Å². The number of benzene rings is 1. The predicted molar refractivity (Wildman–Crippen MR) is 67.5 cm³/mol. The molecule has 1 heterocycles. The molecule has 1 aromatic carbocycles. The maximum atomic E-state index is 5.84. The Morgan fingerprint density at radius 1 is 1.06 bits per heavy atom. The molecule has 0 saturated heterocycles. The van der Waals surface area contributed by atoms with Gasteiger partial charge in [-0.3, -0.25) is 4.99 Å². The van der Waals surface area contributed by atoms with Gasteiger partial charge in [-0.1, -0.05) is 29.8 Å². The second-order valence-electron chi connectivity index (χ2n) is 3.69. The number of allylic oxidation sites excluding steroid dienone is 2. The molecule has 0 radical (unpaired) electrons. The summed E-state index contributed by atoms with van der Waals surface area (Å²) in [6, 6.07) is 7.68. The van der Waals surface area contributed by atoms with Crippen LogP contribution in [0.3, 0.4) is 0 Å². The molecule has 0 amide bonds. The Kier molecular flexibility index (Phi) is 2.22. The summed E-state index contributed by atoms with van der Waals surface area (Å²) in [4.78, 5) is 9.04. The maximum Gasteiger partial charge on any atom is 0.155 e. The summed E-state index contributed by atoms with van der Waals surface area (Å²) >= 11 is 5.84. The molecule has 1 aliphatic carbocycles. The van der Waals surface area contributed by atoms with Crippen molar-refractivity contribution in [3.63, 3.8) is 0 Å². The summed E-state index contributed by atoms with van der Waals surface area (Å²) in [6.07, 6.45) is 8.02. The fraction of sp³-hybridized carbons (Fsp3) is 0.0769. The van der Waals surface area contributed by atoms with Crippen LogP contribution in [0, 0.1) is 0 Å². The van der Waals surface area contributed by atoms with Gasteiger partial charge in [0.1, 0.15) is 6.04 Å². The number of nitrogens with zero attached hydrogens (tertiary/aromatic N) is 2. The predicted octanol–water partition coefficient (Wildman–Crippen LogP) is 3.04. The summed E-state index contributed by atoms with van der Waals surface area (Å²) in [5.74, 6) is 0.785. The van der Waals surface area contributed by atoms with Gasteiger partial charge in [-0.05, 0) is 30.3 Å². The van der Waals surface area contributed by atoms with Crippen LogP contribution in [0.5, 0.6) is 0 Å². The Hall–Kier alpha value is -1.67. The molecular weight excluding hydrogens is 220 g/mol. The van der Waals surface area contributed by atoms with Crippen LogP contribution >= 0.6 is 11.6 Å². The van der Waals surface area contributed by atoms with Crippen LogP contribution in [-0.2, 0) is 0 Å². The molecule has 0 spiro atoms. The van der Waals surface area contributed by atoms with Crippen molar-refractivity contribution in [2.45, 2.75) is 6.04 Å². The Bertz CT molecular complexity index is 536. The number of hydrogen-bond acceptors (Lipinski definition) is 2. The van der Waals surface area contributed by atoms with E-state index in [9.17, 15) is 0 Å². The monoisotopic (exact) mass is 228 g/mol. The average molecular weight is 229 g/mol. The first-order chi connectivity index (χ1) is 7.83. The normalized spacial score (nSPS) is 21.7. The topological polar surface area (TPSA) is 24.7 Å². The Morgan fingerprint density at radius 2 is 1.88 bits per heavy atom. The second-order valence-corrected chi connectivity index (χ2v) is 4.12. The molecule has 0 fully saturated rings. The van der Waals surface area contributed by atoms with Gasteiger partial charge in [0.15, 0.2) is 5.84 Å². The quantitative estimate of drug-likeness (QED) is 0.706. The number of rotatable bonds is 1. The van der Waals surface area contributed by atoms with E-state index in [1.165, 1.54) is 0 Å². The largest absolute Gasteiger partial charge is 0.252 e. The van der Waals surface area contributed by atoms with Crippen molar-refractivity contribution in [1.82, 2.24) is 0 Å². The lowest BCUT2D eigenvalue weighted by Gasteiger charge is -2.02. The van der Waals surface area contributed by atoms with Gasteiger partial charge in [0.05, 0.1) is 5.71 Å². The lowest BCUT2D eigenvalue weighted by molar-refractivity contribution is 1.11. The zero-order valence-corrected chi connectivity index (χ0v) is 9.22. The highest BCUT2D eigenvalue weighted by molar-refractivity contribution is 6.30. The second kappa shape index (κ2) is 3.72. The van der Waals surface area contributed by atoms with Gasteiger partial charge in [0.2, 0.25) is 0 Å². The third-order valence-corrected chi connectivity index (χ3v) is 2.83. The highest BCUT2D eigenvalue weighted by Crippen LogP contribution is 2.18. The van der Waals surface area contributed by atoms with Crippen molar-refractivity contribution in [3.05, 3.63) is 59.2 Å². The summed E-state index contributed by atoms with van der Waals surface area (Å²) in [5.41, 5.74) is 2.01. The summed E-state index contributed by atoms with van der Waals surface area (Å²) in [6.45, 7) is 0. The zero-order chi connectivity index (χ0) is 11.0. The smallest absolute Gasteiger partial charge is 0.155 e. The Balaban J connectivity index is 1.98. The molecule has 0 saturated carbocycles. The molecule has 1 aromatic rings. The number of aliphatic imine (C=N–C) groups is 2. The van der Waals surface area contributed by atoms with E-state index < -0.39 is 0 Å². The number of fused-ring (bicyclic) bond motifs is 1. The Labute approximate surface area is 98.7 Å². The van der Waals surface area contributed by atoms with Crippen molar-refractivity contribution in [3.8, 4) is 0 Å². The minimum absolute atomic E-state index is 0.0932. The van der Waals surface area contributed by atoms with E-state index in [0.29, 0.717) is 0 Å². The number of halogens is 1. The maximum absolute atomic E-state index is 5.84. The molecular formula is C13H9ClN2. The molecule has 1 aliphatic heterocycles. The van der Waals surface area contributed by atoms with E-state index in [1.807, 2.05) is 48.6 Å². The van der Waals surface area contributed by atoms with E-state index in [-0.39, 0.29) is 6.04 Å². The highest BCUT2D eigenvalue weighted by Gasteiger charge is 2.20. The number of hydrogen-bond donors (Lipinski definition) is 0. The van der Waals surface area contributed by atoms with E-state index in [1.54, 1.807) is 0 Å². The SMILES string of the molecule is Clc1ccc(C2=NC3C=CC=CC3=N2)cc1. The molecule has 16 heavy (non-hydrogen) atoms. The first-order valence-corrected chi connectivity index (χ1v) is 5.48. The van der Waals surface area contributed by atoms with Gasteiger partial charge in [0, 0.05) is 10.6 Å². The van der Waals surface area contributed by atoms with Crippen molar-refractivity contribution in [1.29, 1.82) is 0 Å². The fourth-order valence-corrected chi connectivity index (χ4v) is 1.88. The van der Waals surface area contributed by atoms with E-state index in [4.69, 9.17) is 11.6 Å². The van der Waals surface area contributed by atoms with Crippen molar-refractivity contribution < 1.29 is 0 Å². The molecule has 0 aromatic heterocycles. The third kappa shape index (κ3) is 1.61. The molecule has 2 nitrogen and oxygen atoms in total. The van der Waals surface area contributed by atoms with E-state index in [0.717, 1.165) is 22.1 Å². The van der Waals surface area contributed by atoms with Crippen LogP contribution in [0.4, 0.5) is 0 Å². The van der Waals surface area contributed by atoms with Crippen molar-refractivity contribution in [2.75, 3.05) is 0 Å². The van der Waals surface area contributed by atoms with Gasteiger partial charge in [-0.2, -0.15) is 0 Å². The van der Waals surface area contributed by atoms with Gasteiger partial charge in [0.25, 0.3) is 0 Å². The molecule has 0 bridgehead atoms. The molecule has 1 unspecified atom stereocenters. The van der Waals surface area contributed by atoms with E-state index in [2.05, 4.69) is 9.98 Å². The third-order valence-electron chi connectivity index (χ3n) is 2.57. The molecule has 78 valence electrons. The van der Waals surface area contributed by atoms with E-state index >= 15 is 0 Å². The molecule has 2 aliphatic rings. The van der Waals surface area contributed by atoms with Crippen LogP contribution in [0.15, 0.2) is 58.6 Å². The first kappa shape index (κ1) is 9.55. The van der Waals surface area contributed by atoms with Gasteiger partial charge < -0.3 is 0 Å². The molecule has 3 heteroatoms. The fourth-order valence-electron chi connectivity index (χ4n) is 1.75. The molecule has 3 rings (SSSR count). The van der Waals surface area contributed by atoms with Crippen LogP contribution in [0.25, 0.3) is 0 Å². The average Bonchev–Trinajstić information content (AvgIpc) is 2.73. The van der Waals surface area contributed by atoms with Gasteiger partial charge in [-0.25, -0.2) is 4.99 Å². The zero-order valence-electron chi connectivity index (χ0n) is 8.47. The first-order valence-electron chi connectivity index (χ1n) is 5.10.